The molecule has 6 heteroatoms. The predicted molar refractivity (Wildman–Crippen MR) is 91.7 cm³/mol. The van der Waals surface area contributed by atoms with Crippen molar-refractivity contribution in [3.63, 3.8) is 0 Å². The Morgan fingerprint density at radius 2 is 2.12 bits per heavy atom. The molecule has 1 unspecified atom stereocenters. The predicted octanol–water partition coefficient (Wildman–Crippen LogP) is 3.81. The fraction of sp³-hybridized carbons (Fsp3) is 0.263. The number of rotatable bonds is 4. The Bertz CT molecular complexity index is 827. The average Bonchev–Trinajstić information content (AvgIpc) is 3.34. The molecule has 0 bridgehead atoms. The van der Waals surface area contributed by atoms with Crippen LogP contribution in [-0.2, 0) is 0 Å². The number of hydrogen-bond donors (Lipinski definition) is 1. The van der Waals surface area contributed by atoms with E-state index in [-0.39, 0.29) is 11.8 Å². The van der Waals surface area contributed by atoms with Crippen LogP contribution < -0.4 is 4.74 Å². The number of amides is 1. The molecule has 1 aliphatic heterocycles. The molecule has 3 aromatic rings. The number of ether oxygens (including phenoxy) is 1. The van der Waals surface area contributed by atoms with Crippen molar-refractivity contribution in [1.82, 2.24) is 14.9 Å². The second kappa shape index (κ2) is 6.84. The van der Waals surface area contributed by atoms with Crippen molar-refractivity contribution in [2.24, 2.45) is 0 Å². The zero-order valence-corrected chi connectivity index (χ0v) is 13.7. The fourth-order valence-electron chi connectivity index (χ4n) is 3.14. The minimum absolute atomic E-state index is 0.112. The van der Waals surface area contributed by atoms with Gasteiger partial charge in [-0.25, -0.2) is 4.98 Å². The first-order valence-corrected chi connectivity index (χ1v) is 8.41. The van der Waals surface area contributed by atoms with Crippen LogP contribution in [-0.4, -0.2) is 33.9 Å². The summed E-state index contributed by atoms with van der Waals surface area (Å²) in [4.78, 5) is 22.0. The number of nitrogens with one attached hydrogen (secondary N) is 1. The molecule has 3 heterocycles. The molecule has 1 saturated heterocycles. The Hall–Kier alpha value is -3.02. The Morgan fingerprint density at radius 3 is 2.92 bits per heavy atom. The van der Waals surface area contributed by atoms with Crippen LogP contribution in [0.1, 0.15) is 35.1 Å². The summed E-state index contributed by atoms with van der Waals surface area (Å²) in [5.74, 6) is 2.35. The van der Waals surface area contributed by atoms with Crippen molar-refractivity contribution in [2.75, 3.05) is 13.1 Å². The summed E-state index contributed by atoms with van der Waals surface area (Å²) in [6, 6.07) is 12.7. The zero-order valence-electron chi connectivity index (χ0n) is 13.7. The number of para-hydroxylation sites is 1. The number of piperidine rings is 1. The smallest absolute Gasteiger partial charge is 0.290 e. The number of aromatic amines is 1. The molecule has 25 heavy (non-hydrogen) atoms. The van der Waals surface area contributed by atoms with E-state index in [1.54, 1.807) is 18.3 Å². The maximum absolute atomic E-state index is 12.7. The summed E-state index contributed by atoms with van der Waals surface area (Å²) in [5, 5.41) is 0. The normalized spacial score (nSPS) is 17.4. The van der Waals surface area contributed by atoms with Gasteiger partial charge in [0.1, 0.15) is 11.6 Å². The van der Waals surface area contributed by atoms with Gasteiger partial charge in [-0.3, -0.25) is 4.79 Å². The van der Waals surface area contributed by atoms with E-state index in [1.807, 2.05) is 41.4 Å². The second-order valence-electron chi connectivity index (χ2n) is 6.10. The quantitative estimate of drug-likeness (QED) is 0.786. The van der Waals surface area contributed by atoms with Gasteiger partial charge in [0.05, 0.1) is 0 Å². The third kappa shape index (κ3) is 3.42. The van der Waals surface area contributed by atoms with Crippen LogP contribution in [0.15, 0.2) is 59.3 Å². The van der Waals surface area contributed by atoms with E-state index in [1.165, 1.54) is 0 Å². The Balaban J connectivity index is 1.44. The molecule has 4 rings (SSSR count). The van der Waals surface area contributed by atoms with Gasteiger partial charge >= 0.3 is 0 Å². The van der Waals surface area contributed by atoms with Crippen LogP contribution in [0, 0.1) is 0 Å². The van der Waals surface area contributed by atoms with Gasteiger partial charge < -0.3 is 19.0 Å². The Labute approximate surface area is 145 Å². The third-order valence-corrected chi connectivity index (χ3v) is 4.37. The average molecular weight is 337 g/mol. The van der Waals surface area contributed by atoms with Gasteiger partial charge in [0.15, 0.2) is 5.76 Å². The highest BCUT2D eigenvalue weighted by molar-refractivity contribution is 5.91. The van der Waals surface area contributed by atoms with Gasteiger partial charge in [-0.1, -0.05) is 18.2 Å². The molecular formula is C19H19N3O3. The number of imidazole rings is 1. The molecule has 0 saturated carbocycles. The molecule has 128 valence electrons. The molecule has 1 N–H and O–H groups in total. The lowest BCUT2D eigenvalue weighted by Gasteiger charge is -2.31. The summed E-state index contributed by atoms with van der Waals surface area (Å²) >= 11 is 0. The number of aromatic nitrogens is 2. The van der Waals surface area contributed by atoms with E-state index in [9.17, 15) is 4.79 Å². The standard InChI is InChI=1S/C19H19N3O3/c23-19(22-12-4-5-14(13-22)18-20-10-11-21-18)16-8-9-17(25-16)24-15-6-2-1-3-7-15/h1-3,6-11,14H,4-5,12-13H2,(H,20,21). The van der Waals surface area contributed by atoms with Gasteiger partial charge in [-0.2, -0.15) is 0 Å². The number of carbonyl (C=O) groups is 1. The van der Waals surface area contributed by atoms with Gasteiger partial charge in [0.2, 0.25) is 0 Å². The molecule has 1 atom stereocenters. The number of carbonyl (C=O) groups excluding carboxylic acids is 1. The molecule has 1 aromatic carbocycles. The van der Waals surface area contributed by atoms with Crippen molar-refractivity contribution < 1.29 is 13.9 Å². The zero-order chi connectivity index (χ0) is 17.1. The third-order valence-electron chi connectivity index (χ3n) is 4.37. The highest BCUT2D eigenvalue weighted by Crippen LogP contribution is 2.28. The molecule has 0 aliphatic carbocycles. The molecule has 2 aromatic heterocycles. The number of H-pyrrole nitrogens is 1. The Morgan fingerprint density at radius 1 is 1.24 bits per heavy atom. The lowest BCUT2D eigenvalue weighted by molar-refractivity contribution is 0.0667. The lowest BCUT2D eigenvalue weighted by atomic mass is 9.97. The first-order chi connectivity index (χ1) is 12.3. The van der Waals surface area contributed by atoms with E-state index >= 15 is 0 Å². The maximum atomic E-state index is 12.7. The number of furan rings is 1. The summed E-state index contributed by atoms with van der Waals surface area (Å²) in [5.41, 5.74) is 0. The molecule has 1 fully saturated rings. The van der Waals surface area contributed by atoms with Crippen LogP contribution in [0.3, 0.4) is 0 Å². The van der Waals surface area contributed by atoms with Crippen LogP contribution in [0.2, 0.25) is 0 Å². The van der Waals surface area contributed by atoms with E-state index in [2.05, 4.69) is 9.97 Å². The van der Waals surface area contributed by atoms with Gasteiger partial charge in [0.25, 0.3) is 11.9 Å². The van der Waals surface area contributed by atoms with Crippen LogP contribution in [0.4, 0.5) is 0 Å². The topological polar surface area (TPSA) is 71.4 Å². The van der Waals surface area contributed by atoms with E-state index in [4.69, 9.17) is 9.15 Å². The van der Waals surface area contributed by atoms with Gasteiger partial charge in [-0.05, 0) is 31.0 Å². The number of benzene rings is 1. The summed E-state index contributed by atoms with van der Waals surface area (Å²) < 4.78 is 11.2. The van der Waals surface area contributed by atoms with Crippen LogP contribution in [0.25, 0.3) is 0 Å². The van der Waals surface area contributed by atoms with E-state index in [0.29, 0.717) is 24.0 Å². The minimum Gasteiger partial charge on any atom is -0.426 e. The SMILES string of the molecule is O=C(c1ccc(Oc2ccccc2)o1)N1CCCC(c2ncc[nH]2)C1. The monoisotopic (exact) mass is 337 g/mol. The largest absolute Gasteiger partial charge is 0.426 e. The maximum Gasteiger partial charge on any atom is 0.290 e. The minimum atomic E-state index is -0.112. The molecule has 1 amide bonds. The van der Waals surface area contributed by atoms with Crippen molar-refractivity contribution >= 4 is 5.91 Å². The first kappa shape index (κ1) is 15.5. The molecule has 0 radical (unpaired) electrons. The summed E-state index contributed by atoms with van der Waals surface area (Å²) in [6.07, 6.45) is 5.54. The van der Waals surface area contributed by atoms with Crippen LogP contribution in [0.5, 0.6) is 11.7 Å². The summed E-state index contributed by atoms with van der Waals surface area (Å²) in [6.45, 7) is 1.37. The first-order valence-electron chi connectivity index (χ1n) is 8.41. The second-order valence-corrected chi connectivity index (χ2v) is 6.10. The number of nitrogens with zero attached hydrogens (tertiary/aromatic N) is 2. The fourth-order valence-corrected chi connectivity index (χ4v) is 3.14. The Kier molecular flexibility index (Phi) is 4.24. The van der Waals surface area contributed by atoms with Crippen molar-refractivity contribution in [2.45, 2.75) is 18.8 Å². The van der Waals surface area contributed by atoms with E-state index < -0.39 is 0 Å². The van der Waals surface area contributed by atoms with Gasteiger partial charge in [-0.15, -0.1) is 0 Å². The van der Waals surface area contributed by atoms with Gasteiger partial charge in [0, 0.05) is 37.5 Å². The number of hydrogen-bond acceptors (Lipinski definition) is 4. The highest BCUT2D eigenvalue weighted by atomic mass is 16.6. The lowest BCUT2D eigenvalue weighted by Crippen LogP contribution is -2.39. The van der Waals surface area contributed by atoms with Crippen molar-refractivity contribution in [3.05, 3.63) is 66.4 Å². The van der Waals surface area contributed by atoms with Crippen molar-refractivity contribution in [3.8, 4) is 11.7 Å². The van der Waals surface area contributed by atoms with Crippen molar-refractivity contribution in [1.29, 1.82) is 0 Å². The molecule has 6 nitrogen and oxygen atoms in total. The van der Waals surface area contributed by atoms with E-state index in [0.717, 1.165) is 25.2 Å². The molecular weight excluding hydrogens is 318 g/mol. The summed E-state index contributed by atoms with van der Waals surface area (Å²) in [7, 11) is 0. The number of likely N-dealkylation sites (tertiary alicyclic amines) is 1. The van der Waals surface area contributed by atoms with Crippen LogP contribution >= 0.6 is 0 Å². The molecule has 0 spiro atoms. The molecule has 1 aliphatic rings. The highest BCUT2D eigenvalue weighted by Gasteiger charge is 2.28.